The van der Waals surface area contributed by atoms with E-state index in [9.17, 15) is 0 Å². The average molecular weight is 644 g/mol. The van der Waals surface area contributed by atoms with Crippen LogP contribution in [0, 0.1) is 0 Å². The van der Waals surface area contributed by atoms with E-state index in [4.69, 9.17) is 15.0 Å². The summed E-state index contributed by atoms with van der Waals surface area (Å²) in [6.45, 7) is 9.67. The van der Waals surface area contributed by atoms with Crippen molar-refractivity contribution in [3.8, 4) is 56.4 Å². The van der Waals surface area contributed by atoms with Gasteiger partial charge in [-0.2, -0.15) is 0 Å². The van der Waals surface area contributed by atoms with Gasteiger partial charge >= 0.3 is 0 Å². The third-order valence-electron chi connectivity index (χ3n) is 11.3. The molecule has 0 radical (unpaired) electrons. The lowest BCUT2D eigenvalue weighted by molar-refractivity contribution is 0.301. The second-order valence-electron chi connectivity index (χ2n) is 14.5. The minimum absolute atomic E-state index is 0.106. The summed E-state index contributed by atoms with van der Waals surface area (Å²) in [4.78, 5) is 14.7. The van der Waals surface area contributed by atoms with Crippen LogP contribution in [0.1, 0.15) is 38.8 Å². The minimum atomic E-state index is -0.113. The Morgan fingerprint density at radius 2 is 0.860 bits per heavy atom. The van der Waals surface area contributed by atoms with Crippen LogP contribution in [0.4, 0.5) is 0 Å². The number of fused-ring (bicyclic) bond motifs is 7. The first-order valence-electron chi connectivity index (χ1n) is 17.4. The van der Waals surface area contributed by atoms with Gasteiger partial charge in [0.1, 0.15) is 0 Å². The summed E-state index contributed by atoms with van der Waals surface area (Å²) in [5, 5.41) is 5.29. The third kappa shape index (κ3) is 4.69. The topological polar surface area (TPSA) is 38.7 Å². The number of hydrogen-bond acceptors (Lipinski definition) is 3. The van der Waals surface area contributed by atoms with Crippen molar-refractivity contribution >= 4 is 21.5 Å². The molecule has 0 unspecified atom stereocenters. The predicted octanol–water partition coefficient (Wildman–Crippen LogP) is 12.1. The van der Waals surface area contributed by atoms with Crippen molar-refractivity contribution in [3.63, 3.8) is 0 Å². The number of nitrogens with zero attached hydrogens (tertiary/aromatic N) is 3. The molecule has 9 rings (SSSR count). The summed E-state index contributed by atoms with van der Waals surface area (Å²) < 4.78 is 0. The van der Waals surface area contributed by atoms with Crippen LogP contribution in [-0.4, -0.2) is 15.0 Å². The van der Waals surface area contributed by atoms with Gasteiger partial charge in [0.05, 0.1) is 0 Å². The largest absolute Gasteiger partial charge is 0.208 e. The Kier molecular flexibility index (Phi) is 6.82. The summed E-state index contributed by atoms with van der Waals surface area (Å²) in [6.07, 6.45) is 0. The molecule has 0 saturated heterocycles. The summed E-state index contributed by atoms with van der Waals surface area (Å²) >= 11 is 0. The van der Waals surface area contributed by atoms with E-state index in [1.807, 2.05) is 60.7 Å². The molecule has 0 atom stereocenters. The van der Waals surface area contributed by atoms with Gasteiger partial charge in [-0.1, -0.05) is 173 Å². The predicted molar refractivity (Wildman–Crippen MR) is 208 cm³/mol. The summed E-state index contributed by atoms with van der Waals surface area (Å²) in [5.74, 6) is 1.99. The minimum Gasteiger partial charge on any atom is -0.208 e. The molecule has 0 fully saturated rings. The zero-order valence-electron chi connectivity index (χ0n) is 28.8. The highest BCUT2D eigenvalue weighted by atomic mass is 15.0. The molecule has 0 bridgehead atoms. The van der Waals surface area contributed by atoms with E-state index < -0.39 is 0 Å². The molecule has 1 heterocycles. The summed E-state index contributed by atoms with van der Waals surface area (Å²) in [6, 6.07) is 54.0. The van der Waals surface area contributed by atoms with Crippen molar-refractivity contribution < 1.29 is 0 Å². The Balaban J connectivity index is 1.13. The molecule has 0 saturated carbocycles. The lowest BCUT2D eigenvalue weighted by atomic mass is 9.54. The van der Waals surface area contributed by atoms with Gasteiger partial charge in [0.25, 0.3) is 0 Å². The van der Waals surface area contributed by atoms with Gasteiger partial charge in [-0.15, -0.1) is 0 Å². The molecule has 50 heavy (non-hydrogen) atoms. The Morgan fingerprint density at radius 1 is 0.360 bits per heavy atom. The molecule has 3 heteroatoms. The maximum absolute atomic E-state index is 4.93. The molecule has 1 aliphatic rings. The van der Waals surface area contributed by atoms with Crippen LogP contribution in [0.2, 0.25) is 0 Å². The van der Waals surface area contributed by atoms with E-state index in [1.165, 1.54) is 54.9 Å². The normalized spacial score (nSPS) is 14.3. The van der Waals surface area contributed by atoms with Crippen LogP contribution in [0.25, 0.3) is 78.0 Å². The Labute approximate surface area is 293 Å². The molecule has 0 amide bonds. The molecule has 1 aliphatic carbocycles. The maximum atomic E-state index is 4.93. The Bertz CT molecular complexity index is 2510. The monoisotopic (exact) mass is 643 g/mol. The third-order valence-corrected chi connectivity index (χ3v) is 11.3. The van der Waals surface area contributed by atoms with Crippen molar-refractivity contribution in [1.29, 1.82) is 0 Å². The maximum Gasteiger partial charge on any atom is 0.164 e. The van der Waals surface area contributed by atoms with Crippen molar-refractivity contribution in [2.24, 2.45) is 0 Å². The summed E-state index contributed by atoms with van der Waals surface area (Å²) in [5.41, 5.74) is 10.5. The van der Waals surface area contributed by atoms with Crippen LogP contribution in [0.3, 0.4) is 0 Å². The smallest absolute Gasteiger partial charge is 0.164 e. The fourth-order valence-corrected chi connectivity index (χ4v) is 7.86. The van der Waals surface area contributed by atoms with E-state index in [1.54, 1.807) is 0 Å². The van der Waals surface area contributed by atoms with Gasteiger partial charge < -0.3 is 0 Å². The highest BCUT2D eigenvalue weighted by Crippen LogP contribution is 2.56. The fourth-order valence-electron chi connectivity index (χ4n) is 7.86. The van der Waals surface area contributed by atoms with Crippen molar-refractivity contribution in [3.05, 3.63) is 163 Å². The molecule has 1 aromatic heterocycles. The lowest BCUT2D eigenvalue weighted by Gasteiger charge is -2.49. The quantitative estimate of drug-likeness (QED) is 0.179. The van der Waals surface area contributed by atoms with Gasteiger partial charge in [-0.3, -0.25) is 0 Å². The number of aromatic nitrogens is 3. The van der Waals surface area contributed by atoms with E-state index in [0.717, 1.165) is 16.7 Å². The van der Waals surface area contributed by atoms with Gasteiger partial charge in [0, 0.05) is 22.1 Å². The number of hydrogen-bond donors (Lipinski definition) is 0. The van der Waals surface area contributed by atoms with E-state index in [2.05, 4.69) is 119 Å². The average Bonchev–Trinajstić information content (AvgIpc) is 3.17. The van der Waals surface area contributed by atoms with E-state index >= 15 is 0 Å². The lowest BCUT2D eigenvalue weighted by Crippen LogP contribution is -2.43. The van der Waals surface area contributed by atoms with Gasteiger partial charge in [0.15, 0.2) is 17.5 Å². The Morgan fingerprint density at radius 3 is 1.50 bits per heavy atom. The molecule has 3 nitrogen and oxygen atoms in total. The van der Waals surface area contributed by atoms with Crippen LogP contribution < -0.4 is 0 Å². The second-order valence-corrected chi connectivity index (χ2v) is 14.5. The standard InChI is InChI=1S/C47H37N3/c1-46(2)41-29-35(24-25-38(41)40-28-27-37-36-18-12-11-13-31(36)23-26-39(37)42(40)47(46,3)4)30-19-21-34(22-20-30)45-49-43(32-14-7-5-8-15-32)48-44(50-45)33-16-9-6-10-17-33/h5-29H,1-4H3. The number of rotatable bonds is 4. The van der Waals surface area contributed by atoms with Crippen LogP contribution >= 0.6 is 0 Å². The zero-order chi connectivity index (χ0) is 34.0. The number of benzene rings is 7. The van der Waals surface area contributed by atoms with Crippen LogP contribution in [-0.2, 0) is 10.8 Å². The molecule has 0 spiro atoms. The molecular formula is C47H37N3. The van der Waals surface area contributed by atoms with Gasteiger partial charge in [-0.05, 0) is 66.4 Å². The molecule has 0 N–H and O–H groups in total. The zero-order valence-corrected chi connectivity index (χ0v) is 28.8. The second kappa shape index (κ2) is 11.3. The van der Waals surface area contributed by atoms with Crippen molar-refractivity contribution in [2.75, 3.05) is 0 Å². The van der Waals surface area contributed by atoms with Crippen LogP contribution in [0.15, 0.2) is 152 Å². The van der Waals surface area contributed by atoms with E-state index in [-0.39, 0.29) is 10.8 Å². The summed E-state index contributed by atoms with van der Waals surface area (Å²) in [7, 11) is 0. The molecule has 8 aromatic rings. The van der Waals surface area contributed by atoms with Crippen molar-refractivity contribution in [2.45, 2.75) is 38.5 Å². The highest BCUT2D eigenvalue weighted by Gasteiger charge is 2.46. The highest BCUT2D eigenvalue weighted by molar-refractivity contribution is 6.10. The molecule has 240 valence electrons. The Hall–Kier alpha value is -5.93. The first kappa shape index (κ1) is 30.2. The van der Waals surface area contributed by atoms with Crippen molar-refractivity contribution in [1.82, 2.24) is 15.0 Å². The molecular weight excluding hydrogens is 607 g/mol. The molecule has 0 aliphatic heterocycles. The first-order valence-corrected chi connectivity index (χ1v) is 17.4. The molecule has 7 aromatic carbocycles. The SMILES string of the molecule is CC1(C)c2cc(-c3ccc(-c4nc(-c5ccccc5)nc(-c5ccccc5)n4)cc3)ccc2-c2ccc3c(ccc4ccccc43)c2C1(C)C. The first-order chi connectivity index (χ1) is 24.3. The van der Waals surface area contributed by atoms with Gasteiger partial charge in [0.2, 0.25) is 0 Å². The van der Waals surface area contributed by atoms with Crippen LogP contribution in [0.5, 0.6) is 0 Å². The van der Waals surface area contributed by atoms with Gasteiger partial charge in [-0.25, -0.2) is 15.0 Å². The van der Waals surface area contributed by atoms with E-state index in [0.29, 0.717) is 17.5 Å². The fraction of sp³-hybridized carbons (Fsp3) is 0.128.